The molecule has 1 aliphatic rings. The maximum absolute atomic E-state index is 11.9. The Morgan fingerprint density at radius 1 is 1.24 bits per heavy atom. The fraction of sp³-hybridized carbons (Fsp3) is 0.500. The third-order valence-corrected chi connectivity index (χ3v) is 4.32. The lowest BCUT2D eigenvalue weighted by Crippen LogP contribution is -2.50. The van der Waals surface area contributed by atoms with Crippen molar-refractivity contribution in [3.8, 4) is 11.5 Å². The average Bonchev–Trinajstić information content (AvgIpc) is 2.44. The molecule has 1 heterocycles. The molecule has 21 heavy (non-hydrogen) atoms. The molecule has 0 radical (unpaired) electrons. The Labute approximate surface area is 124 Å². The average molecular weight is 291 g/mol. The number of ether oxygens (including phenoxy) is 2. The lowest BCUT2D eigenvalue weighted by atomic mass is 9.69. The van der Waals surface area contributed by atoms with E-state index in [2.05, 4.69) is 5.32 Å². The molecule has 1 saturated heterocycles. The Bertz CT molecular complexity index is 569. The second kappa shape index (κ2) is 5.76. The van der Waals surface area contributed by atoms with Gasteiger partial charge in [0.1, 0.15) is 0 Å². The molecule has 1 aliphatic heterocycles. The second-order valence-corrected chi connectivity index (χ2v) is 5.83. The van der Waals surface area contributed by atoms with Crippen LogP contribution >= 0.6 is 0 Å². The third-order valence-electron chi connectivity index (χ3n) is 4.32. The molecule has 0 aromatic heterocycles. The molecule has 1 N–H and O–H groups in total. The van der Waals surface area contributed by atoms with Gasteiger partial charge in [0.25, 0.3) is 0 Å². The summed E-state index contributed by atoms with van der Waals surface area (Å²) in [6, 6.07) is 5.68. The third kappa shape index (κ3) is 3.01. The van der Waals surface area contributed by atoms with Gasteiger partial charge in [-0.3, -0.25) is 14.9 Å². The molecule has 0 spiro atoms. The normalized spacial score (nSPS) is 25.4. The van der Waals surface area contributed by atoms with Crippen molar-refractivity contribution < 1.29 is 19.1 Å². The molecule has 2 unspecified atom stereocenters. The fourth-order valence-corrected chi connectivity index (χ4v) is 2.80. The standard InChI is InChI=1S/C16H21NO4/c1-10-15(19)17-14(18)9-16(10,2)8-11-5-6-12(20-3)13(7-11)21-4/h5-7,10H,8-9H2,1-4H3,(H,17,18,19). The van der Waals surface area contributed by atoms with Gasteiger partial charge in [-0.05, 0) is 29.5 Å². The number of piperidine rings is 1. The number of nitrogens with one attached hydrogen (secondary N) is 1. The number of methoxy groups -OCH3 is 2. The fourth-order valence-electron chi connectivity index (χ4n) is 2.80. The zero-order valence-corrected chi connectivity index (χ0v) is 12.9. The number of amides is 2. The maximum atomic E-state index is 11.9. The molecule has 5 nitrogen and oxygen atoms in total. The first-order chi connectivity index (χ1) is 9.89. The minimum Gasteiger partial charge on any atom is -0.493 e. The Balaban J connectivity index is 2.27. The molecule has 2 atom stereocenters. The second-order valence-electron chi connectivity index (χ2n) is 5.83. The monoisotopic (exact) mass is 291 g/mol. The molecular formula is C16H21NO4. The van der Waals surface area contributed by atoms with Crippen LogP contribution in [-0.2, 0) is 16.0 Å². The zero-order chi connectivity index (χ0) is 15.6. The Morgan fingerprint density at radius 2 is 1.90 bits per heavy atom. The van der Waals surface area contributed by atoms with Crippen LogP contribution in [0.25, 0.3) is 0 Å². The molecule has 2 rings (SSSR count). The molecule has 1 fully saturated rings. The van der Waals surface area contributed by atoms with Gasteiger partial charge in [0.2, 0.25) is 11.8 Å². The van der Waals surface area contributed by atoms with Gasteiger partial charge in [0.05, 0.1) is 14.2 Å². The van der Waals surface area contributed by atoms with Crippen molar-refractivity contribution in [1.29, 1.82) is 0 Å². The van der Waals surface area contributed by atoms with Gasteiger partial charge in [-0.25, -0.2) is 0 Å². The van der Waals surface area contributed by atoms with E-state index in [1.807, 2.05) is 32.0 Å². The number of carbonyl (C=O) groups is 2. The highest BCUT2D eigenvalue weighted by Gasteiger charge is 2.42. The lowest BCUT2D eigenvalue weighted by Gasteiger charge is -2.38. The molecular weight excluding hydrogens is 270 g/mol. The van der Waals surface area contributed by atoms with E-state index in [4.69, 9.17) is 9.47 Å². The summed E-state index contributed by atoms with van der Waals surface area (Å²) in [4.78, 5) is 23.5. The first-order valence-corrected chi connectivity index (χ1v) is 6.94. The molecule has 1 aromatic rings. The largest absolute Gasteiger partial charge is 0.493 e. The van der Waals surface area contributed by atoms with Gasteiger partial charge in [-0.1, -0.05) is 19.9 Å². The van der Waals surface area contributed by atoms with Crippen LogP contribution in [0.2, 0.25) is 0 Å². The van der Waals surface area contributed by atoms with Gasteiger partial charge < -0.3 is 9.47 Å². The summed E-state index contributed by atoms with van der Waals surface area (Å²) >= 11 is 0. The molecule has 0 saturated carbocycles. The van der Waals surface area contributed by atoms with Crippen LogP contribution in [-0.4, -0.2) is 26.0 Å². The number of hydrogen-bond acceptors (Lipinski definition) is 4. The van der Waals surface area contributed by atoms with Crippen molar-refractivity contribution in [3.63, 3.8) is 0 Å². The summed E-state index contributed by atoms with van der Waals surface area (Å²) in [5.41, 5.74) is 0.628. The van der Waals surface area contributed by atoms with Crippen LogP contribution in [0, 0.1) is 11.3 Å². The van der Waals surface area contributed by atoms with Gasteiger partial charge in [0.15, 0.2) is 11.5 Å². The van der Waals surface area contributed by atoms with Crippen molar-refractivity contribution in [2.45, 2.75) is 26.7 Å². The van der Waals surface area contributed by atoms with E-state index < -0.39 is 0 Å². The molecule has 5 heteroatoms. The predicted molar refractivity (Wildman–Crippen MR) is 78.3 cm³/mol. The molecule has 0 bridgehead atoms. The predicted octanol–water partition coefficient (Wildman–Crippen LogP) is 1.94. The number of imide groups is 1. The van der Waals surface area contributed by atoms with Gasteiger partial charge in [-0.2, -0.15) is 0 Å². The van der Waals surface area contributed by atoms with Gasteiger partial charge >= 0.3 is 0 Å². The van der Waals surface area contributed by atoms with Crippen LogP contribution < -0.4 is 14.8 Å². The topological polar surface area (TPSA) is 64.6 Å². The van der Waals surface area contributed by atoms with Crippen LogP contribution in [0.5, 0.6) is 11.5 Å². The van der Waals surface area contributed by atoms with E-state index in [9.17, 15) is 9.59 Å². The van der Waals surface area contributed by atoms with Crippen molar-refractivity contribution in [2.24, 2.45) is 11.3 Å². The molecule has 1 aromatic carbocycles. The first kappa shape index (κ1) is 15.4. The first-order valence-electron chi connectivity index (χ1n) is 6.94. The van der Waals surface area contributed by atoms with Crippen LogP contribution in [0.15, 0.2) is 18.2 Å². The smallest absolute Gasteiger partial charge is 0.229 e. The van der Waals surface area contributed by atoms with Crippen molar-refractivity contribution in [3.05, 3.63) is 23.8 Å². The highest BCUT2D eigenvalue weighted by molar-refractivity contribution is 5.99. The van der Waals surface area contributed by atoms with Crippen LogP contribution in [0.3, 0.4) is 0 Å². The number of benzene rings is 1. The van der Waals surface area contributed by atoms with E-state index >= 15 is 0 Å². The SMILES string of the molecule is COc1ccc(CC2(C)CC(=O)NC(=O)C2C)cc1OC. The summed E-state index contributed by atoms with van der Waals surface area (Å²) in [5, 5.41) is 2.39. The Hall–Kier alpha value is -2.04. The van der Waals surface area contributed by atoms with Gasteiger partial charge in [0, 0.05) is 12.3 Å². The number of carbonyl (C=O) groups excluding carboxylic acids is 2. The van der Waals surface area contributed by atoms with E-state index in [1.165, 1.54) is 0 Å². The molecule has 114 valence electrons. The maximum Gasteiger partial charge on any atom is 0.229 e. The van der Waals surface area contributed by atoms with E-state index in [0.717, 1.165) is 5.56 Å². The summed E-state index contributed by atoms with van der Waals surface area (Å²) < 4.78 is 10.5. The van der Waals surface area contributed by atoms with E-state index in [-0.39, 0.29) is 23.1 Å². The van der Waals surface area contributed by atoms with Gasteiger partial charge in [-0.15, -0.1) is 0 Å². The van der Waals surface area contributed by atoms with Crippen LogP contribution in [0.4, 0.5) is 0 Å². The molecule has 0 aliphatic carbocycles. The van der Waals surface area contributed by atoms with E-state index in [0.29, 0.717) is 24.3 Å². The summed E-state index contributed by atoms with van der Waals surface area (Å²) in [6.07, 6.45) is 0.974. The highest BCUT2D eigenvalue weighted by Crippen LogP contribution is 2.39. The minimum atomic E-state index is -0.390. The summed E-state index contributed by atoms with van der Waals surface area (Å²) in [6.45, 7) is 3.84. The number of rotatable bonds is 4. The zero-order valence-electron chi connectivity index (χ0n) is 12.9. The quantitative estimate of drug-likeness (QED) is 0.861. The van der Waals surface area contributed by atoms with Crippen molar-refractivity contribution >= 4 is 11.8 Å². The van der Waals surface area contributed by atoms with Crippen LogP contribution in [0.1, 0.15) is 25.8 Å². The number of hydrogen-bond donors (Lipinski definition) is 1. The van der Waals surface area contributed by atoms with E-state index in [1.54, 1.807) is 14.2 Å². The lowest BCUT2D eigenvalue weighted by molar-refractivity contribution is -0.142. The Kier molecular flexibility index (Phi) is 4.21. The van der Waals surface area contributed by atoms with Crippen molar-refractivity contribution in [1.82, 2.24) is 5.32 Å². The highest BCUT2D eigenvalue weighted by atomic mass is 16.5. The summed E-state index contributed by atoms with van der Waals surface area (Å²) in [7, 11) is 3.18. The minimum absolute atomic E-state index is 0.200. The summed E-state index contributed by atoms with van der Waals surface area (Å²) in [5.74, 6) is 0.688. The Morgan fingerprint density at radius 3 is 2.52 bits per heavy atom. The van der Waals surface area contributed by atoms with Crippen molar-refractivity contribution in [2.75, 3.05) is 14.2 Å². The molecule has 2 amide bonds.